The van der Waals surface area contributed by atoms with Gasteiger partial charge in [0.2, 0.25) is 5.91 Å². The average Bonchev–Trinajstić information content (AvgIpc) is 2.82. The Kier molecular flexibility index (Phi) is 4.22. The Hall–Kier alpha value is -1.81. The first-order valence-electron chi connectivity index (χ1n) is 5.94. The Morgan fingerprint density at radius 3 is 2.63 bits per heavy atom. The molecule has 0 unspecified atom stereocenters. The molecule has 2 rings (SSSR count). The first kappa shape index (κ1) is 13.6. The lowest BCUT2D eigenvalue weighted by molar-refractivity contribution is -0.116. The minimum Gasteiger partial charge on any atom is -0.464 e. The van der Waals surface area contributed by atoms with Gasteiger partial charge in [0, 0.05) is 5.69 Å². The van der Waals surface area contributed by atoms with Crippen LogP contribution in [0.25, 0.3) is 0 Å². The van der Waals surface area contributed by atoms with Gasteiger partial charge in [0.05, 0.1) is 18.4 Å². The van der Waals surface area contributed by atoms with Crippen LogP contribution in [0.2, 0.25) is 0 Å². The molecular formula is C14H15ClN2O2. The summed E-state index contributed by atoms with van der Waals surface area (Å²) in [6.45, 7) is 4.11. The van der Waals surface area contributed by atoms with Crippen LogP contribution in [-0.2, 0) is 11.3 Å². The van der Waals surface area contributed by atoms with E-state index in [-0.39, 0.29) is 11.8 Å². The Morgan fingerprint density at radius 1 is 1.32 bits per heavy atom. The first-order chi connectivity index (χ1) is 9.10. The summed E-state index contributed by atoms with van der Waals surface area (Å²) < 4.78 is 5.50. The van der Waals surface area contributed by atoms with Gasteiger partial charge in [0.15, 0.2) is 0 Å². The highest BCUT2D eigenvalue weighted by atomic mass is 35.5. The van der Waals surface area contributed by atoms with Crippen molar-refractivity contribution in [3.63, 3.8) is 0 Å². The summed E-state index contributed by atoms with van der Waals surface area (Å²) in [5.41, 5.74) is 1.61. The predicted molar refractivity (Wildman–Crippen MR) is 74.3 cm³/mol. The number of carbonyl (C=O) groups is 1. The molecule has 19 heavy (non-hydrogen) atoms. The van der Waals surface area contributed by atoms with Gasteiger partial charge in [-0.1, -0.05) is 0 Å². The maximum atomic E-state index is 11.9. The second kappa shape index (κ2) is 5.89. The van der Waals surface area contributed by atoms with Gasteiger partial charge in [-0.05, 0) is 38.1 Å². The number of alkyl halides is 1. The third-order valence-corrected chi connectivity index (χ3v) is 2.96. The van der Waals surface area contributed by atoms with E-state index in [0.29, 0.717) is 12.2 Å². The van der Waals surface area contributed by atoms with E-state index < -0.39 is 0 Å². The summed E-state index contributed by atoms with van der Waals surface area (Å²) in [5, 5.41) is 0. The Labute approximate surface area is 117 Å². The van der Waals surface area contributed by atoms with Crippen LogP contribution in [0.5, 0.6) is 0 Å². The summed E-state index contributed by atoms with van der Waals surface area (Å²) in [7, 11) is 0. The van der Waals surface area contributed by atoms with Gasteiger partial charge in [-0.15, -0.1) is 11.6 Å². The molecule has 4 nitrogen and oxygen atoms in total. The lowest BCUT2D eigenvalue weighted by Crippen LogP contribution is -2.31. The molecule has 0 aliphatic heterocycles. The van der Waals surface area contributed by atoms with Gasteiger partial charge in [-0.3, -0.25) is 9.78 Å². The molecular weight excluding hydrogens is 264 g/mol. The van der Waals surface area contributed by atoms with E-state index in [1.54, 1.807) is 11.1 Å². The zero-order chi connectivity index (χ0) is 13.8. The minimum absolute atomic E-state index is 0.0758. The second-order valence-electron chi connectivity index (χ2n) is 4.28. The molecule has 2 heterocycles. The third-order valence-electron chi connectivity index (χ3n) is 2.73. The normalized spacial score (nSPS) is 10.5. The monoisotopic (exact) mass is 278 g/mol. The number of rotatable bonds is 4. The molecule has 2 aromatic heterocycles. The first-order valence-corrected chi connectivity index (χ1v) is 6.48. The van der Waals surface area contributed by atoms with Gasteiger partial charge in [-0.2, -0.15) is 0 Å². The van der Waals surface area contributed by atoms with Crippen molar-refractivity contribution in [1.29, 1.82) is 0 Å². The fraction of sp³-hybridized carbons (Fsp3) is 0.286. The maximum absolute atomic E-state index is 11.9. The van der Waals surface area contributed by atoms with Crippen molar-refractivity contribution in [2.24, 2.45) is 0 Å². The van der Waals surface area contributed by atoms with Crippen LogP contribution in [0.1, 0.15) is 17.2 Å². The molecule has 0 saturated carbocycles. The lowest BCUT2D eigenvalue weighted by atomic mass is 10.3. The summed E-state index contributed by atoms with van der Waals surface area (Å²) >= 11 is 5.66. The molecule has 1 amide bonds. The van der Waals surface area contributed by atoms with Crippen molar-refractivity contribution >= 4 is 23.2 Å². The van der Waals surface area contributed by atoms with Crippen LogP contribution >= 0.6 is 11.6 Å². The van der Waals surface area contributed by atoms with E-state index in [9.17, 15) is 4.79 Å². The molecule has 0 aromatic carbocycles. The summed E-state index contributed by atoms with van der Waals surface area (Å²) in [4.78, 5) is 17.7. The van der Waals surface area contributed by atoms with Gasteiger partial charge in [0.1, 0.15) is 17.4 Å². The van der Waals surface area contributed by atoms with E-state index in [1.165, 1.54) is 0 Å². The number of halogens is 1. The number of carbonyl (C=O) groups excluding carboxylic acids is 1. The van der Waals surface area contributed by atoms with Crippen LogP contribution < -0.4 is 4.90 Å². The van der Waals surface area contributed by atoms with Crippen molar-refractivity contribution in [2.75, 3.05) is 10.8 Å². The van der Waals surface area contributed by atoms with Gasteiger partial charge in [-0.25, -0.2) is 0 Å². The number of anilines is 1. The average molecular weight is 279 g/mol. The highest BCUT2D eigenvalue weighted by Crippen LogP contribution is 2.18. The van der Waals surface area contributed by atoms with Gasteiger partial charge < -0.3 is 9.32 Å². The van der Waals surface area contributed by atoms with Crippen molar-refractivity contribution in [1.82, 2.24) is 4.98 Å². The SMILES string of the molecule is Cc1ccc(N(Cc2ccc(C)o2)C(=O)CCl)cn1. The largest absolute Gasteiger partial charge is 0.464 e. The van der Waals surface area contributed by atoms with Crippen LogP contribution in [0.4, 0.5) is 5.69 Å². The lowest BCUT2D eigenvalue weighted by Gasteiger charge is -2.20. The highest BCUT2D eigenvalue weighted by molar-refractivity contribution is 6.29. The number of aromatic nitrogens is 1. The molecule has 0 bridgehead atoms. The van der Waals surface area contributed by atoms with Crippen LogP contribution in [-0.4, -0.2) is 16.8 Å². The van der Waals surface area contributed by atoms with Crippen LogP contribution in [0.15, 0.2) is 34.9 Å². The molecule has 0 atom stereocenters. The topological polar surface area (TPSA) is 46.3 Å². The van der Waals surface area contributed by atoms with Crippen molar-refractivity contribution in [3.05, 3.63) is 47.7 Å². The molecule has 0 fully saturated rings. The van der Waals surface area contributed by atoms with E-state index in [4.69, 9.17) is 16.0 Å². The molecule has 0 saturated heterocycles. The second-order valence-corrected chi connectivity index (χ2v) is 4.55. The molecule has 0 radical (unpaired) electrons. The molecule has 0 aliphatic carbocycles. The van der Waals surface area contributed by atoms with Crippen LogP contribution in [0, 0.1) is 13.8 Å². The number of hydrogen-bond donors (Lipinski definition) is 0. The van der Waals surface area contributed by atoms with Crippen LogP contribution in [0.3, 0.4) is 0 Å². The number of hydrogen-bond acceptors (Lipinski definition) is 3. The van der Waals surface area contributed by atoms with Crippen molar-refractivity contribution in [2.45, 2.75) is 20.4 Å². The van der Waals surface area contributed by atoms with E-state index in [0.717, 1.165) is 17.2 Å². The standard InChI is InChI=1S/C14H15ClN2O2/c1-10-3-5-12(8-16-10)17(14(18)7-15)9-13-6-4-11(2)19-13/h3-6,8H,7,9H2,1-2H3. The number of aryl methyl sites for hydroxylation is 2. The third kappa shape index (κ3) is 3.35. The number of amides is 1. The molecule has 2 aromatic rings. The maximum Gasteiger partial charge on any atom is 0.242 e. The summed E-state index contributed by atoms with van der Waals surface area (Å²) in [6, 6.07) is 7.43. The zero-order valence-electron chi connectivity index (χ0n) is 10.9. The molecule has 0 N–H and O–H groups in total. The number of pyridine rings is 1. The Bertz CT molecular complexity index is 563. The fourth-order valence-electron chi connectivity index (χ4n) is 1.74. The quantitative estimate of drug-likeness (QED) is 0.808. The summed E-state index contributed by atoms with van der Waals surface area (Å²) in [6.07, 6.45) is 1.66. The van der Waals surface area contributed by atoms with Gasteiger partial charge in [0.25, 0.3) is 0 Å². The highest BCUT2D eigenvalue weighted by Gasteiger charge is 2.17. The Balaban J connectivity index is 2.25. The predicted octanol–water partition coefficient (Wildman–Crippen LogP) is 3.06. The molecule has 5 heteroatoms. The zero-order valence-corrected chi connectivity index (χ0v) is 11.6. The van der Waals surface area contributed by atoms with E-state index in [2.05, 4.69) is 4.98 Å². The fourth-order valence-corrected chi connectivity index (χ4v) is 1.89. The van der Waals surface area contributed by atoms with E-state index in [1.807, 2.05) is 38.1 Å². The van der Waals surface area contributed by atoms with Crippen molar-refractivity contribution in [3.8, 4) is 0 Å². The smallest absolute Gasteiger partial charge is 0.242 e. The minimum atomic E-state index is -0.179. The number of nitrogens with zero attached hydrogens (tertiary/aromatic N) is 2. The molecule has 0 aliphatic rings. The summed E-state index contributed by atoms with van der Waals surface area (Å²) in [5.74, 6) is 1.28. The van der Waals surface area contributed by atoms with Gasteiger partial charge >= 0.3 is 0 Å². The number of furan rings is 1. The molecule has 0 spiro atoms. The molecule has 100 valence electrons. The Morgan fingerprint density at radius 2 is 2.11 bits per heavy atom. The van der Waals surface area contributed by atoms with Crippen molar-refractivity contribution < 1.29 is 9.21 Å². The van der Waals surface area contributed by atoms with E-state index >= 15 is 0 Å².